The molecule has 2 aromatic rings. The predicted octanol–water partition coefficient (Wildman–Crippen LogP) is 4.34. The average molecular weight is 520 g/mol. The number of halogens is 3. The molecular weight excluding hydrogens is 501 g/mol. The van der Waals surface area contributed by atoms with Gasteiger partial charge in [-0.05, 0) is 47.7 Å². The number of amides is 1. The van der Waals surface area contributed by atoms with Crippen LogP contribution in [0.25, 0.3) is 6.08 Å². The van der Waals surface area contributed by atoms with Gasteiger partial charge in [0.1, 0.15) is 13.2 Å². The summed E-state index contributed by atoms with van der Waals surface area (Å²) in [6.45, 7) is 0.428. The summed E-state index contributed by atoms with van der Waals surface area (Å²) in [5.41, 5.74) is 0.232. The van der Waals surface area contributed by atoms with Gasteiger partial charge in [-0.3, -0.25) is 10.2 Å². The summed E-state index contributed by atoms with van der Waals surface area (Å²) in [4.78, 5) is 16.1. The molecule has 13 heteroatoms. The van der Waals surface area contributed by atoms with Crippen molar-refractivity contribution in [2.75, 3.05) is 27.4 Å². The summed E-state index contributed by atoms with van der Waals surface area (Å²) in [7, 11) is 2.98. The smallest absolute Gasteiger partial charge is 0.441 e. The van der Waals surface area contributed by atoms with Crippen LogP contribution in [0.2, 0.25) is 0 Å². The van der Waals surface area contributed by atoms with Gasteiger partial charge in [0.15, 0.2) is 28.8 Å². The molecule has 0 unspecified atom stereocenters. The van der Waals surface area contributed by atoms with Gasteiger partial charge in [-0.2, -0.15) is 28.3 Å². The minimum Gasteiger partial charge on any atom is -0.493 e. The minimum absolute atomic E-state index is 0.194. The van der Waals surface area contributed by atoms with Gasteiger partial charge in [-0.25, -0.2) is 0 Å². The molecular formula is C23H19F3N4O5S. The van der Waals surface area contributed by atoms with Crippen molar-refractivity contribution in [3.05, 3.63) is 53.6 Å². The van der Waals surface area contributed by atoms with Crippen molar-refractivity contribution in [1.82, 2.24) is 5.01 Å². The molecule has 0 aromatic heterocycles. The molecule has 2 heterocycles. The number of hydrogen-bond donors (Lipinski definition) is 1. The Morgan fingerprint density at radius 1 is 1.00 bits per heavy atom. The minimum atomic E-state index is -4.71. The van der Waals surface area contributed by atoms with Gasteiger partial charge in [-0.15, -0.1) is 0 Å². The number of thioether (sulfide) groups is 1. The summed E-state index contributed by atoms with van der Waals surface area (Å²) in [6, 6.07) is 12.0. The highest BCUT2D eigenvalue weighted by Crippen LogP contribution is 2.36. The van der Waals surface area contributed by atoms with Gasteiger partial charge in [-0.1, -0.05) is 18.2 Å². The van der Waals surface area contributed by atoms with Crippen molar-refractivity contribution in [1.29, 1.82) is 5.41 Å². The van der Waals surface area contributed by atoms with E-state index in [2.05, 4.69) is 10.1 Å². The molecule has 2 aliphatic heterocycles. The van der Waals surface area contributed by atoms with E-state index in [1.165, 1.54) is 13.2 Å². The number of hydrazone groups is 1. The van der Waals surface area contributed by atoms with E-state index in [0.717, 1.165) is 0 Å². The van der Waals surface area contributed by atoms with E-state index in [0.29, 0.717) is 33.6 Å². The normalized spacial score (nSPS) is 16.5. The number of carbonyl (C=O) groups is 1. The first-order chi connectivity index (χ1) is 17.2. The lowest BCUT2D eigenvalue weighted by Gasteiger charge is -2.20. The lowest BCUT2D eigenvalue weighted by atomic mass is 10.1. The molecule has 0 atom stereocenters. The zero-order chi connectivity index (χ0) is 25.9. The first-order valence-electron chi connectivity index (χ1n) is 10.4. The number of fused-ring (bicyclic) bond motifs is 1. The first-order valence-corrected chi connectivity index (χ1v) is 11.2. The van der Waals surface area contributed by atoms with E-state index >= 15 is 0 Å². The van der Waals surface area contributed by atoms with Crippen LogP contribution in [0.3, 0.4) is 0 Å². The van der Waals surface area contributed by atoms with Crippen LogP contribution in [0, 0.1) is 5.41 Å². The number of alkyl halides is 3. The number of para-hydroxylation sites is 2. The summed E-state index contributed by atoms with van der Waals surface area (Å²) in [5.74, 6) is 0.569. The molecule has 0 saturated heterocycles. The number of rotatable bonds is 8. The fraction of sp³-hybridized carbons (Fsp3) is 0.217. The molecule has 2 aliphatic rings. The number of ether oxygens (including phenoxy) is 4. The third kappa shape index (κ3) is 5.30. The van der Waals surface area contributed by atoms with E-state index in [1.54, 1.807) is 37.4 Å². The third-order valence-electron chi connectivity index (χ3n) is 4.86. The molecule has 9 nitrogen and oxygen atoms in total. The van der Waals surface area contributed by atoms with Crippen LogP contribution >= 0.6 is 11.8 Å². The maximum Gasteiger partial charge on any atom is 0.441 e. The van der Waals surface area contributed by atoms with Gasteiger partial charge >= 0.3 is 6.18 Å². The number of benzene rings is 2. The first kappa shape index (κ1) is 25.1. The van der Waals surface area contributed by atoms with E-state index in [1.807, 2.05) is 12.1 Å². The van der Waals surface area contributed by atoms with Crippen molar-refractivity contribution in [3.63, 3.8) is 0 Å². The van der Waals surface area contributed by atoms with Gasteiger partial charge in [0.05, 0.1) is 19.8 Å². The van der Waals surface area contributed by atoms with E-state index in [9.17, 15) is 18.0 Å². The average Bonchev–Trinajstić information content (AvgIpc) is 3.30. The number of methoxy groups -OCH3 is 2. The number of nitrogens with zero attached hydrogens (tertiary/aromatic N) is 3. The Morgan fingerprint density at radius 2 is 1.64 bits per heavy atom. The topological polar surface area (TPSA) is 106 Å². The van der Waals surface area contributed by atoms with Crippen molar-refractivity contribution in [3.8, 4) is 23.0 Å². The van der Waals surface area contributed by atoms with Crippen LogP contribution in [0.1, 0.15) is 5.56 Å². The number of carbonyl (C=O) groups excluding carboxylic acids is 1. The molecule has 0 aliphatic carbocycles. The highest BCUT2D eigenvalue weighted by Gasteiger charge is 2.46. The van der Waals surface area contributed by atoms with E-state index < -0.39 is 23.0 Å². The molecule has 188 valence electrons. The zero-order valence-electron chi connectivity index (χ0n) is 19.0. The number of hydrogen-bond acceptors (Lipinski definition) is 8. The molecule has 36 heavy (non-hydrogen) atoms. The largest absolute Gasteiger partial charge is 0.493 e. The Kier molecular flexibility index (Phi) is 7.20. The molecule has 2 aromatic carbocycles. The number of aliphatic imine (C=N–C) groups is 1. The Labute approximate surface area is 207 Å². The zero-order valence-corrected chi connectivity index (χ0v) is 19.8. The maximum absolute atomic E-state index is 13.0. The van der Waals surface area contributed by atoms with Crippen LogP contribution in [0.5, 0.6) is 23.0 Å². The molecule has 0 saturated carbocycles. The van der Waals surface area contributed by atoms with Gasteiger partial charge < -0.3 is 18.9 Å². The highest BCUT2D eigenvalue weighted by atomic mass is 32.2. The van der Waals surface area contributed by atoms with Crippen LogP contribution in [-0.2, 0) is 4.79 Å². The Hall–Kier alpha value is -4.00. The highest BCUT2D eigenvalue weighted by molar-refractivity contribution is 8.27. The predicted molar refractivity (Wildman–Crippen MR) is 128 cm³/mol. The van der Waals surface area contributed by atoms with Gasteiger partial charge in [0.2, 0.25) is 10.2 Å². The van der Waals surface area contributed by atoms with E-state index in [-0.39, 0.29) is 35.7 Å². The summed E-state index contributed by atoms with van der Waals surface area (Å²) >= 11 is 0.194. The summed E-state index contributed by atoms with van der Waals surface area (Å²) in [6.07, 6.45) is -3.38. The van der Waals surface area contributed by atoms with E-state index in [4.69, 9.17) is 24.4 Å². The molecule has 0 radical (unpaired) electrons. The second-order valence-corrected chi connectivity index (χ2v) is 8.14. The van der Waals surface area contributed by atoms with Gasteiger partial charge in [0, 0.05) is 0 Å². The Morgan fingerprint density at radius 3 is 2.28 bits per heavy atom. The van der Waals surface area contributed by atoms with Crippen LogP contribution in [0.4, 0.5) is 13.2 Å². The SMILES string of the molecule is COc1ccccc1OCCOc1ccc(C=C2C(=N)N3N=C(C(F)(F)F)SC3=NC2=O)cc1OC. The van der Waals surface area contributed by atoms with Crippen LogP contribution in [0.15, 0.2) is 58.1 Å². The molecule has 0 fully saturated rings. The number of nitrogens with one attached hydrogen (secondary N) is 1. The van der Waals surface area contributed by atoms with Crippen LogP contribution < -0.4 is 18.9 Å². The quantitative estimate of drug-likeness (QED) is 0.408. The monoisotopic (exact) mass is 520 g/mol. The van der Waals surface area contributed by atoms with Crippen LogP contribution in [-0.4, -0.2) is 60.6 Å². The second-order valence-electron chi connectivity index (χ2n) is 7.18. The maximum atomic E-state index is 13.0. The summed E-state index contributed by atoms with van der Waals surface area (Å²) < 4.78 is 60.9. The standard InChI is InChI=1S/C23H19F3N4O5S/c1-32-15-5-3-4-6-16(15)34-9-10-35-17-8-7-13(12-18(17)33-2)11-14-19(27)30-22(28-20(14)31)36-21(29-30)23(24,25)26/h3-8,11-12,27H,9-10H2,1-2H3. The second kappa shape index (κ2) is 10.3. The molecule has 0 spiro atoms. The molecule has 4 rings (SSSR count). The molecule has 0 bridgehead atoms. The fourth-order valence-electron chi connectivity index (χ4n) is 3.21. The van der Waals surface area contributed by atoms with Crippen molar-refractivity contribution < 1.29 is 36.9 Å². The molecule has 1 N–H and O–H groups in total. The Bertz CT molecular complexity index is 1290. The third-order valence-corrected chi connectivity index (χ3v) is 5.82. The van der Waals surface area contributed by atoms with Gasteiger partial charge in [0.25, 0.3) is 5.91 Å². The van der Waals surface area contributed by atoms with Crippen molar-refractivity contribution in [2.24, 2.45) is 10.1 Å². The number of amidine groups is 2. The van der Waals surface area contributed by atoms with Crippen molar-refractivity contribution in [2.45, 2.75) is 6.18 Å². The fourth-order valence-corrected chi connectivity index (χ4v) is 3.97. The lowest BCUT2D eigenvalue weighted by molar-refractivity contribution is -0.114. The molecule has 1 amide bonds. The summed E-state index contributed by atoms with van der Waals surface area (Å²) in [5, 5.41) is 10.8. The Balaban J connectivity index is 1.45. The lowest BCUT2D eigenvalue weighted by Crippen LogP contribution is -2.35. The van der Waals surface area contributed by atoms with Crippen molar-refractivity contribution >= 4 is 39.8 Å².